The molecule has 7 nitrogen and oxygen atoms in total. The number of imidazole rings is 1. The van der Waals surface area contributed by atoms with Crippen molar-refractivity contribution in [1.29, 1.82) is 0 Å². The Morgan fingerprint density at radius 3 is 3.08 bits per heavy atom. The first-order valence-electron chi connectivity index (χ1n) is 8.81. The van der Waals surface area contributed by atoms with Gasteiger partial charge in [-0.2, -0.15) is 5.10 Å². The number of rotatable bonds is 5. The summed E-state index contributed by atoms with van der Waals surface area (Å²) in [5, 5.41) is 6.63. The molecule has 1 fully saturated rings. The normalized spacial score (nSPS) is 17.9. The van der Waals surface area contributed by atoms with Crippen molar-refractivity contribution in [2.24, 2.45) is 5.92 Å². The van der Waals surface area contributed by atoms with Gasteiger partial charge in [0.05, 0.1) is 17.4 Å². The Morgan fingerprint density at radius 2 is 2.20 bits per heavy atom. The van der Waals surface area contributed by atoms with E-state index >= 15 is 0 Å². The first-order valence-corrected chi connectivity index (χ1v) is 8.81. The second-order valence-electron chi connectivity index (χ2n) is 6.67. The predicted octanol–water partition coefficient (Wildman–Crippen LogP) is 2.03. The minimum absolute atomic E-state index is 0.205. The Kier molecular flexibility index (Phi) is 4.45. The number of hydrogen-bond donors (Lipinski definition) is 1. The molecule has 0 aliphatic carbocycles. The van der Waals surface area contributed by atoms with Gasteiger partial charge in [0.25, 0.3) is 0 Å². The van der Waals surface area contributed by atoms with Crippen LogP contribution < -0.4 is 0 Å². The number of nitrogens with zero attached hydrogens (tertiary/aromatic N) is 5. The van der Waals surface area contributed by atoms with Gasteiger partial charge < -0.3 is 9.47 Å². The first kappa shape index (κ1) is 15.8. The fourth-order valence-corrected chi connectivity index (χ4v) is 3.61. The summed E-state index contributed by atoms with van der Waals surface area (Å²) in [6.45, 7) is 2.59. The average molecular weight is 338 g/mol. The standard InChI is InChI=1S/C18H22N6O/c25-18(8-7-17-19-12-21-22-17)23-9-3-4-14(10-23)11-24-13-20-15-5-1-2-6-16(15)24/h1-2,5-6,12-14H,3-4,7-11H2,(H,19,21,22). The average Bonchev–Trinajstić information content (AvgIpc) is 3.30. The second-order valence-corrected chi connectivity index (χ2v) is 6.67. The molecule has 1 unspecified atom stereocenters. The number of carbonyl (C=O) groups excluding carboxylic acids is 1. The van der Waals surface area contributed by atoms with Crippen molar-refractivity contribution in [1.82, 2.24) is 29.6 Å². The summed E-state index contributed by atoms with van der Waals surface area (Å²) < 4.78 is 2.21. The van der Waals surface area contributed by atoms with Crippen molar-refractivity contribution >= 4 is 16.9 Å². The van der Waals surface area contributed by atoms with Gasteiger partial charge in [0.15, 0.2) is 0 Å². The lowest BCUT2D eigenvalue weighted by atomic mass is 9.97. The van der Waals surface area contributed by atoms with Crippen LogP contribution in [0, 0.1) is 5.92 Å². The maximum Gasteiger partial charge on any atom is 0.223 e. The van der Waals surface area contributed by atoms with Gasteiger partial charge in [-0.15, -0.1) is 0 Å². The summed E-state index contributed by atoms with van der Waals surface area (Å²) in [6.07, 6.45) is 6.70. The van der Waals surface area contributed by atoms with Gasteiger partial charge in [-0.3, -0.25) is 9.89 Å². The zero-order valence-corrected chi connectivity index (χ0v) is 14.1. The molecule has 0 radical (unpaired) electrons. The number of aryl methyl sites for hydroxylation is 1. The number of hydrogen-bond acceptors (Lipinski definition) is 4. The Bertz CT molecular complexity index is 840. The molecule has 1 saturated heterocycles. The van der Waals surface area contributed by atoms with Gasteiger partial charge in [0, 0.05) is 32.5 Å². The lowest BCUT2D eigenvalue weighted by molar-refractivity contribution is -0.133. The molecule has 1 atom stereocenters. The van der Waals surface area contributed by atoms with E-state index in [4.69, 9.17) is 0 Å². The molecule has 1 aliphatic heterocycles. The lowest BCUT2D eigenvalue weighted by Gasteiger charge is -2.33. The van der Waals surface area contributed by atoms with Crippen LogP contribution in [0.3, 0.4) is 0 Å². The van der Waals surface area contributed by atoms with E-state index in [2.05, 4.69) is 30.8 Å². The van der Waals surface area contributed by atoms with Crippen LogP contribution in [0.15, 0.2) is 36.9 Å². The molecule has 1 amide bonds. The largest absolute Gasteiger partial charge is 0.342 e. The van der Waals surface area contributed by atoms with Crippen LogP contribution in [-0.4, -0.2) is 48.6 Å². The highest BCUT2D eigenvalue weighted by Gasteiger charge is 2.24. The Morgan fingerprint density at radius 1 is 1.28 bits per heavy atom. The summed E-state index contributed by atoms with van der Waals surface area (Å²) in [7, 11) is 0. The molecule has 0 bridgehead atoms. The van der Waals surface area contributed by atoms with Crippen LogP contribution in [0.5, 0.6) is 0 Å². The number of H-pyrrole nitrogens is 1. The number of carbonyl (C=O) groups is 1. The van der Waals surface area contributed by atoms with Gasteiger partial charge in [0.2, 0.25) is 5.91 Å². The SMILES string of the molecule is O=C(CCc1ncn[nH]1)N1CCCC(Cn2cnc3ccccc32)C1. The molecule has 130 valence electrons. The van der Waals surface area contributed by atoms with Crippen molar-refractivity contribution in [3.8, 4) is 0 Å². The molecular weight excluding hydrogens is 316 g/mol. The highest BCUT2D eigenvalue weighted by Crippen LogP contribution is 2.21. The third kappa shape index (κ3) is 3.55. The second kappa shape index (κ2) is 7.04. The van der Waals surface area contributed by atoms with E-state index in [0.717, 1.165) is 49.3 Å². The third-order valence-corrected chi connectivity index (χ3v) is 4.89. The molecular formula is C18H22N6O. The zero-order valence-electron chi connectivity index (χ0n) is 14.1. The maximum atomic E-state index is 12.5. The topological polar surface area (TPSA) is 79.7 Å². The predicted molar refractivity (Wildman–Crippen MR) is 93.7 cm³/mol. The Balaban J connectivity index is 1.36. The number of para-hydroxylation sites is 2. The van der Waals surface area contributed by atoms with Crippen molar-refractivity contribution in [2.45, 2.75) is 32.2 Å². The third-order valence-electron chi connectivity index (χ3n) is 4.89. The highest BCUT2D eigenvalue weighted by molar-refractivity contribution is 5.76. The first-order chi connectivity index (χ1) is 12.3. The molecule has 25 heavy (non-hydrogen) atoms. The summed E-state index contributed by atoms with van der Waals surface area (Å²) in [5.74, 6) is 1.45. The summed E-state index contributed by atoms with van der Waals surface area (Å²) in [4.78, 5) is 23.0. The van der Waals surface area contributed by atoms with Gasteiger partial charge in [-0.25, -0.2) is 9.97 Å². The van der Waals surface area contributed by atoms with Crippen LogP contribution >= 0.6 is 0 Å². The molecule has 1 N–H and O–H groups in total. The van der Waals surface area contributed by atoms with E-state index in [0.29, 0.717) is 18.8 Å². The van der Waals surface area contributed by atoms with Crippen molar-refractivity contribution in [3.63, 3.8) is 0 Å². The zero-order chi connectivity index (χ0) is 17.1. The van der Waals surface area contributed by atoms with Gasteiger partial charge in [-0.05, 0) is 30.9 Å². The number of aromatic nitrogens is 5. The number of fused-ring (bicyclic) bond motifs is 1. The molecule has 0 saturated carbocycles. The molecule has 0 spiro atoms. The van der Waals surface area contributed by atoms with Gasteiger partial charge in [-0.1, -0.05) is 12.1 Å². The lowest BCUT2D eigenvalue weighted by Crippen LogP contribution is -2.41. The van der Waals surface area contributed by atoms with E-state index in [1.807, 2.05) is 29.4 Å². The fraction of sp³-hybridized carbons (Fsp3) is 0.444. The summed E-state index contributed by atoms with van der Waals surface area (Å²) in [5.41, 5.74) is 2.19. The van der Waals surface area contributed by atoms with Crippen molar-refractivity contribution < 1.29 is 4.79 Å². The van der Waals surface area contributed by atoms with Crippen LogP contribution in [0.1, 0.15) is 25.1 Å². The summed E-state index contributed by atoms with van der Waals surface area (Å²) >= 11 is 0. The number of amides is 1. The van der Waals surface area contributed by atoms with E-state index in [1.165, 1.54) is 6.33 Å². The van der Waals surface area contributed by atoms with Crippen LogP contribution in [0.25, 0.3) is 11.0 Å². The molecule has 3 aromatic rings. The molecule has 4 rings (SSSR count). The quantitative estimate of drug-likeness (QED) is 0.772. The van der Waals surface area contributed by atoms with Crippen molar-refractivity contribution in [3.05, 3.63) is 42.7 Å². The van der Waals surface area contributed by atoms with E-state index in [9.17, 15) is 4.79 Å². The number of likely N-dealkylation sites (tertiary alicyclic amines) is 1. The van der Waals surface area contributed by atoms with E-state index < -0.39 is 0 Å². The minimum atomic E-state index is 0.205. The van der Waals surface area contributed by atoms with E-state index in [-0.39, 0.29) is 5.91 Å². The van der Waals surface area contributed by atoms with Crippen LogP contribution in [0.4, 0.5) is 0 Å². The molecule has 2 aromatic heterocycles. The number of benzene rings is 1. The van der Waals surface area contributed by atoms with Crippen molar-refractivity contribution in [2.75, 3.05) is 13.1 Å². The molecule has 3 heterocycles. The maximum absolute atomic E-state index is 12.5. The van der Waals surface area contributed by atoms with Gasteiger partial charge in [0.1, 0.15) is 12.2 Å². The fourth-order valence-electron chi connectivity index (χ4n) is 3.61. The molecule has 1 aromatic carbocycles. The smallest absolute Gasteiger partial charge is 0.223 e. The summed E-state index contributed by atoms with van der Waals surface area (Å²) in [6, 6.07) is 8.19. The van der Waals surface area contributed by atoms with E-state index in [1.54, 1.807) is 0 Å². The molecule has 1 aliphatic rings. The van der Waals surface area contributed by atoms with Crippen LogP contribution in [-0.2, 0) is 17.8 Å². The molecule has 7 heteroatoms. The highest BCUT2D eigenvalue weighted by atomic mass is 16.2. The number of piperidine rings is 1. The number of aromatic amines is 1. The van der Waals surface area contributed by atoms with Crippen LogP contribution in [0.2, 0.25) is 0 Å². The Hall–Kier alpha value is -2.70. The Labute approximate surface area is 146 Å². The monoisotopic (exact) mass is 338 g/mol. The number of nitrogens with one attached hydrogen (secondary N) is 1. The van der Waals surface area contributed by atoms with Gasteiger partial charge >= 0.3 is 0 Å². The minimum Gasteiger partial charge on any atom is -0.342 e.